The summed E-state index contributed by atoms with van der Waals surface area (Å²) in [4.78, 5) is 39.0. The number of sulfonamides is 1. The highest BCUT2D eigenvalue weighted by Gasteiger charge is 2.30. The number of aryl methyl sites for hydroxylation is 1. The number of likely N-dealkylation sites (N-methyl/N-ethyl adjacent to an activating group) is 1. The van der Waals surface area contributed by atoms with E-state index in [1.807, 2.05) is 31.2 Å². The standard InChI is InChI=1S/C24H31N3O5S/c1-6-25-24(30)18(3)26(15-20-12-10-17(2)11-13-20)23(29)16-27(33(5,31)32)22-9-7-8-21(14-22)19(4)28/h7-14,18H,6,15-16H2,1-5H3,(H,25,30). The lowest BCUT2D eigenvalue weighted by atomic mass is 10.1. The van der Waals surface area contributed by atoms with Crippen LogP contribution < -0.4 is 9.62 Å². The molecule has 1 unspecified atom stereocenters. The van der Waals surface area contributed by atoms with Crippen molar-refractivity contribution in [3.05, 3.63) is 65.2 Å². The van der Waals surface area contributed by atoms with Crippen LogP contribution in [0.25, 0.3) is 0 Å². The molecule has 9 heteroatoms. The first kappa shape index (κ1) is 26.1. The molecule has 33 heavy (non-hydrogen) atoms. The molecule has 0 fully saturated rings. The molecule has 2 rings (SSSR count). The number of Topliss-reactive ketones (excluding diaryl/α,β-unsaturated/α-hetero) is 1. The second-order valence-electron chi connectivity index (χ2n) is 7.95. The smallest absolute Gasteiger partial charge is 0.244 e. The average Bonchev–Trinajstić information content (AvgIpc) is 2.75. The Labute approximate surface area is 195 Å². The Balaban J connectivity index is 2.41. The van der Waals surface area contributed by atoms with Crippen LogP contribution in [0.1, 0.15) is 42.3 Å². The quantitative estimate of drug-likeness (QED) is 0.534. The predicted octanol–water partition coefficient (Wildman–Crippen LogP) is 2.52. The van der Waals surface area contributed by atoms with Crippen molar-refractivity contribution < 1.29 is 22.8 Å². The molecule has 2 aromatic carbocycles. The Hall–Kier alpha value is -3.20. The monoisotopic (exact) mass is 473 g/mol. The van der Waals surface area contributed by atoms with E-state index in [4.69, 9.17) is 0 Å². The van der Waals surface area contributed by atoms with E-state index in [1.54, 1.807) is 26.0 Å². The van der Waals surface area contributed by atoms with Crippen LogP contribution in [0.3, 0.4) is 0 Å². The fourth-order valence-electron chi connectivity index (χ4n) is 3.29. The number of benzene rings is 2. The summed E-state index contributed by atoms with van der Waals surface area (Å²) in [6.45, 7) is 6.76. The van der Waals surface area contributed by atoms with Crippen LogP contribution >= 0.6 is 0 Å². The highest BCUT2D eigenvalue weighted by Crippen LogP contribution is 2.21. The molecule has 0 heterocycles. The van der Waals surface area contributed by atoms with Gasteiger partial charge < -0.3 is 10.2 Å². The molecule has 2 amide bonds. The van der Waals surface area contributed by atoms with Gasteiger partial charge >= 0.3 is 0 Å². The van der Waals surface area contributed by atoms with Gasteiger partial charge in [0.15, 0.2) is 5.78 Å². The van der Waals surface area contributed by atoms with Gasteiger partial charge in [-0.25, -0.2) is 8.42 Å². The first-order chi connectivity index (χ1) is 15.4. The first-order valence-corrected chi connectivity index (χ1v) is 12.5. The van der Waals surface area contributed by atoms with Crippen molar-refractivity contribution in [3.63, 3.8) is 0 Å². The number of nitrogens with zero attached hydrogens (tertiary/aromatic N) is 2. The molecule has 2 aromatic rings. The van der Waals surface area contributed by atoms with Gasteiger partial charge in [-0.15, -0.1) is 0 Å². The molecule has 0 aliphatic heterocycles. The van der Waals surface area contributed by atoms with Gasteiger partial charge in [0.2, 0.25) is 21.8 Å². The fraction of sp³-hybridized carbons (Fsp3) is 0.375. The molecule has 0 aliphatic carbocycles. The molecule has 1 atom stereocenters. The maximum atomic E-state index is 13.4. The zero-order valence-corrected chi connectivity index (χ0v) is 20.5. The minimum atomic E-state index is -3.85. The van der Waals surface area contributed by atoms with Gasteiger partial charge in [0.25, 0.3) is 0 Å². The number of carbonyl (C=O) groups is 3. The Kier molecular flexibility index (Phi) is 8.76. The lowest BCUT2D eigenvalue weighted by Gasteiger charge is -2.31. The van der Waals surface area contributed by atoms with Crippen LogP contribution in [-0.2, 0) is 26.2 Å². The molecular formula is C24H31N3O5S. The first-order valence-electron chi connectivity index (χ1n) is 10.7. The summed E-state index contributed by atoms with van der Waals surface area (Å²) in [6, 6.07) is 12.8. The SMILES string of the molecule is CCNC(=O)C(C)N(Cc1ccc(C)cc1)C(=O)CN(c1cccc(C(C)=O)c1)S(C)(=O)=O. The predicted molar refractivity (Wildman–Crippen MR) is 129 cm³/mol. The number of nitrogens with one attached hydrogen (secondary N) is 1. The summed E-state index contributed by atoms with van der Waals surface area (Å²) < 4.78 is 26.1. The van der Waals surface area contributed by atoms with Crippen molar-refractivity contribution >= 4 is 33.3 Å². The van der Waals surface area contributed by atoms with Gasteiger partial charge in [-0.1, -0.05) is 42.0 Å². The average molecular weight is 474 g/mol. The molecule has 0 aromatic heterocycles. The Morgan fingerprint density at radius 2 is 1.70 bits per heavy atom. The van der Waals surface area contributed by atoms with Crippen molar-refractivity contribution in [1.29, 1.82) is 0 Å². The van der Waals surface area contributed by atoms with E-state index >= 15 is 0 Å². The summed E-state index contributed by atoms with van der Waals surface area (Å²) in [7, 11) is -3.85. The minimum Gasteiger partial charge on any atom is -0.355 e. The zero-order chi connectivity index (χ0) is 24.8. The molecular weight excluding hydrogens is 442 g/mol. The molecule has 0 radical (unpaired) electrons. The molecule has 0 aliphatic rings. The van der Waals surface area contributed by atoms with E-state index in [1.165, 1.54) is 24.0 Å². The van der Waals surface area contributed by atoms with Crippen LogP contribution in [0, 0.1) is 6.92 Å². The Morgan fingerprint density at radius 3 is 2.24 bits per heavy atom. The molecule has 0 saturated heterocycles. The molecule has 0 saturated carbocycles. The van der Waals surface area contributed by atoms with Gasteiger partial charge in [-0.2, -0.15) is 0 Å². The maximum Gasteiger partial charge on any atom is 0.244 e. The molecule has 0 bridgehead atoms. The third-order valence-corrected chi connectivity index (χ3v) is 6.35. The second kappa shape index (κ2) is 11.1. The molecule has 1 N–H and O–H groups in total. The van der Waals surface area contributed by atoms with Crippen molar-refractivity contribution in [1.82, 2.24) is 10.2 Å². The number of rotatable bonds is 10. The number of anilines is 1. The highest BCUT2D eigenvalue weighted by atomic mass is 32.2. The van der Waals surface area contributed by atoms with Gasteiger partial charge in [-0.05, 0) is 45.4 Å². The summed E-state index contributed by atoms with van der Waals surface area (Å²) in [5, 5.41) is 2.71. The van der Waals surface area contributed by atoms with Crippen molar-refractivity contribution in [3.8, 4) is 0 Å². The summed E-state index contributed by atoms with van der Waals surface area (Å²) in [5.74, 6) is -1.09. The summed E-state index contributed by atoms with van der Waals surface area (Å²) in [5.41, 5.74) is 2.41. The maximum absolute atomic E-state index is 13.4. The van der Waals surface area contributed by atoms with E-state index in [-0.39, 0.29) is 23.9 Å². The van der Waals surface area contributed by atoms with Crippen LogP contribution in [0.15, 0.2) is 48.5 Å². The van der Waals surface area contributed by atoms with Gasteiger partial charge in [0.1, 0.15) is 12.6 Å². The summed E-state index contributed by atoms with van der Waals surface area (Å²) >= 11 is 0. The Bertz CT molecular complexity index is 1110. The van der Waals surface area contributed by atoms with E-state index < -0.39 is 28.5 Å². The minimum absolute atomic E-state index is 0.141. The number of amides is 2. The molecule has 8 nitrogen and oxygen atoms in total. The van der Waals surface area contributed by atoms with Crippen molar-refractivity contribution in [2.75, 3.05) is 23.7 Å². The third kappa shape index (κ3) is 7.15. The lowest BCUT2D eigenvalue weighted by Crippen LogP contribution is -2.51. The zero-order valence-electron chi connectivity index (χ0n) is 19.7. The number of hydrogen-bond acceptors (Lipinski definition) is 5. The van der Waals surface area contributed by atoms with Gasteiger partial charge in [0, 0.05) is 18.7 Å². The van der Waals surface area contributed by atoms with Crippen LogP contribution in [0.2, 0.25) is 0 Å². The highest BCUT2D eigenvalue weighted by molar-refractivity contribution is 7.92. The third-order valence-electron chi connectivity index (χ3n) is 5.21. The van der Waals surface area contributed by atoms with Gasteiger partial charge in [-0.3, -0.25) is 18.7 Å². The van der Waals surface area contributed by atoms with E-state index in [0.29, 0.717) is 12.1 Å². The van der Waals surface area contributed by atoms with E-state index in [2.05, 4.69) is 5.32 Å². The van der Waals surface area contributed by atoms with Crippen LogP contribution in [0.4, 0.5) is 5.69 Å². The van der Waals surface area contributed by atoms with Crippen LogP contribution in [-0.4, -0.2) is 56.3 Å². The van der Waals surface area contributed by atoms with Crippen molar-refractivity contribution in [2.24, 2.45) is 0 Å². The topological polar surface area (TPSA) is 104 Å². The van der Waals surface area contributed by atoms with E-state index in [9.17, 15) is 22.8 Å². The molecule has 178 valence electrons. The fourth-order valence-corrected chi connectivity index (χ4v) is 4.13. The normalized spacial score (nSPS) is 12.0. The number of carbonyl (C=O) groups excluding carboxylic acids is 3. The number of hydrogen-bond donors (Lipinski definition) is 1. The molecule has 0 spiro atoms. The summed E-state index contributed by atoms with van der Waals surface area (Å²) in [6.07, 6.45) is 0.998. The lowest BCUT2D eigenvalue weighted by molar-refractivity contribution is -0.139. The number of ketones is 1. The van der Waals surface area contributed by atoms with Crippen molar-refractivity contribution in [2.45, 2.75) is 40.3 Å². The van der Waals surface area contributed by atoms with Gasteiger partial charge in [0.05, 0.1) is 11.9 Å². The largest absolute Gasteiger partial charge is 0.355 e. The van der Waals surface area contributed by atoms with Crippen LogP contribution in [0.5, 0.6) is 0 Å². The second-order valence-corrected chi connectivity index (χ2v) is 9.86. The Morgan fingerprint density at radius 1 is 1.06 bits per heavy atom. The van der Waals surface area contributed by atoms with E-state index in [0.717, 1.165) is 21.7 Å².